The lowest BCUT2D eigenvalue weighted by Crippen LogP contribution is -2.35. The van der Waals surface area contributed by atoms with Crippen LogP contribution in [0.3, 0.4) is 0 Å². The summed E-state index contributed by atoms with van der Waals surface area (Å²) in [6.07, 6.45) is 1.29. The van der Waals surface area contributed by atoms with Gasteiger partial charge in [0.2, 0.25) is 0 Å². The summed E-state index contributed by atoms with van der Waals surface area (Å²) in [5, 5.41) is 1.80. The van der Waals surface area contributed by atoms with Crippen molar-refractivity contribution in [3.05, 3.63) is 48.1 Å². The van der Waals surface area contributed by atoms with Crippen molar-refractivity contribution < 1.29 is 26.5 Å². The lowest BCUT2D eigenvalue weighted by Gasteiger charge is -2.27. The molecule has 0 saturated carbocycles. The van der Waals surface area contributed by atoms with Crippen LogP contribution >= 0.6 is 0 Å². The maximum atomic E-state index is 14.1. The Morgan fingerprint density at radius 2 is 2.14 bits per heavy atom. The minimum absolute atomic E-state index is 0.221. The zero-order valence-corrected chi connectivity index (χ0v) is 12.0. The second-order valence-corrected chi connectivity index (χ2v) is 6.33. The smallest absolute Gasteiger partial charge is 0.178 e. The minimum atomic E-state index is -4.97. The van der Waals surface area contributed by atoms with Crippen molar-refractivity contribution in [1.82, 2.24) is 14.8 Å². The average Bonchev–Trinajstić information content (AvgIpc) is 2.84. The lowest BCUT2D eigenvalue weighted by atomic mass is 9.94. The first-order valence-corrected chi connectivity index (χ1v) is 7.66. The molecule has 118 valence electrons. The molecule has 0 bridgehead atoms. The third-order valence-corrected chi connectivity index (χ3v) is 4.70. The van der Waals surface area contributed by atoms with Gasteiger partial charge in [-0.3, -0.25) is 0 Å². The molecule has 1 aliphatic heterocycles. The van der Waals surface area contributed by atoms with Crippen LogP contribution < -0.4 is 0 Å². The Kier molecular flexibility index (Phi) is 3.27. The maximum Gasteiger partial charge on any atom is 0.178 e. The van der Waals surface area contributed by atoms with E-state index in [1.54, 1.807) is 0 Å². The predicted octanol–water partition coefficient (Wildman–Crippen LogP) is 0.914. The van der Waals surface area contributed by atoms with Gasteiger partial charge in [0.1, 0.15) is 34.4 Å². The van der Waals surface area contributed by atoms with E-state index in [4.69, 9.17) is 4.74 Å². The van der Waals surface area contributed by atoms with Crippen molar-refractivity contribution in [1.29, 1.82) is 0 Å². The number of rotatable bonds is 4. The second-order valence-electron chi connectivity index (χ2n) is 4.90. The topological polar surface area (TPSA) is 100 Å². The molecule has 1 fully saturated rings. The van der Waals surface area contributed by atoms with Gasteiger partial charge in [-0.2, -0.15) is 5.10 Å². The zero-order valence-electron chi connectivity index (χ0n) is 11.2. The molecule has 3 rings (SSSR count). The van der Waals surface area contributed by atoms with Crippen molar-refractivity contribution in [2.24, 2.45) is 0 Å². The number of nitrogens with zero attached hydrogens (tertiary/aromatic N) is 3. The summed E-state index contributed by atoms with van der Waals surface area (Å²) < 4.78 is 68.3. The molecule has 3 unspecified atom stereocenters. The summed E-state index contributed by atoms with van der Waals surface area (Å²) in [4.78, 5) is 3.59. The van der Waals surface area contributed by atoms with Crippen molar-refractivity contribution >= 4 is 10.1 Å². The van der Waals surface area contributed by atoms with Gasteiger partial charge < -0.3 is 9.29 Å². The van der Waals surface area contributed by atoms with E-state index in [-0.39, 0.29) is 5.56 Å². The summed E-state index contributed by atoms with van der Waals surface area (Å²) >= 11 is 0. The van der Waals surface area contributed by atoms with Crippen molar-refractivity contribution in [2.75, 3.05) is 0 Å². The van der Waals surface area contributed by atoms with Crippen LogP contribution in [0.4, 0.5) is 8.78 Å². The highest BCUT2D eigenvalue weighted by Gasteiger charge is 2.65. The van der Waals surface area contributed by atoms with Gasteiger partial charge in [-0.05, 0) is 13.0 Å². The van der Waals surface area contributed by atoms with Gasteiger partial charge in [-0.1, -0.05) is 6.07 Å². The molecule has 2 heterocycles. The SMILES string of the molecule is CC1OC1(c1ccc(F)cc1F)C(n1cncn1)S(=O)(=O)[O-]. The number of aromatic nitrogens is 3. The number of hydrogen-bond donors (Lipinski definition) is 0. The van der Waals surface area contributed by atoms with Crippen LogP contribution in [-0.2, 0) is 20.5 Å². The molecule has 0 spiro atoms. The Morgan fingerprint density at radius 1 is 1.45 bits per heavy atom. The van der Waals surface area contributed by atoms with Gasteiger partial charge in [0.15, 0.2) is 11.0 Å². The van der Waals surface area contributed by atoms with Gasteiger partial charge in [-0.25, -0.2) is 26.9 Å². The van der Waals surface area contributed by atoms with Crippen LogP contribution in [-0.4, -0.2) is 33.8 Å². The normalized spacial score (nSPS) is 25.9. The van der Waals surface area contributed by atoms with E-state index in [2.05, 4.69) is 10.1 Å². The number of halogens is 2. The van der Waals surface area contributed by atoms with Crippen molar-refractivity contribution in [3.8, 4) is 0 Å². The van der Waals surface area contributed by atoms with E-state index < -0.39 is 38.8 Å². The van der Waals surface area contributed by atoms with Crippen LogP contribution in [0, 0.1) is 11.6 Å². The fourth-order valence-corrected chi connectivity index (χ4v) is 3.80. The number of epoxide rings is 1. The summed E-state index contributed by atoms with van der Waals surface area (Å²) in [6, 6.07) is 2.62. The summed E-state index contributed by atoms with van der Waals surface area (Å²) in [5.74, 6) is -1.83. The molecular weight excluding hydrogens is 320 g/mol. The Balaban J connectivity index is 2.20. The number of hydrogen-bond acceptors (Lipinski definition) is 6. The number of benzene rings is 1. The van der Waals surface area contributed by atoms with Gasteiger partial charge >= 0.3 is 0 Å². The first kappa shape index (κ1) is 15.0. The fourth-order valence-electron chi connectivity index (χ4n) is 2.62. The number of ether oxygens (including phenoxy) is 1. The van der Waals surface area contributed by atoms with Crippen LogP contribution in [0.2, 0.25) is 0 Å². The molecule has 1 aliphatic rings. The largest absolute Gasteiger partial charge is 0.746 e. The summed E-state index contributed by atoms with van der Waals surface area (Å²) in [5.41, 5.74) is -1.99. The molecule has 10 heteroatoms. The summed E-state index contributed by atoms with van der Waals surface area (Å²) in [6.45, 7) is 1.48. The minimum Gasteiger partial charge on any atom is -0.746 e. The van der Waals surface area contributed by atoms with Crippen LogP contribution in [0.15, 0.2) is 30.9 Å². The predicted molar refractivity (Wildman–Crippen MR) is 67.3 cm³/mol. The molecule has 0 N–H and O–H groups in total. The zero-order chi connectivity index (χ0) is 16.1. The van der Waals surface area contributed by atoms with E-state index in [1.807, 2.05) is 0 Å². The standard InChI is InChI=1S/C12H11F2N3O4S/c1-7-12(21-7,9-3-2-8(13)4-10(9)14)11(22(18,19)20)17-6-15-5-16-17/h2-7,11H,1H3,(H,18,19,20)/p-1. The molecular formula is C12H10F2N3O4S-. The van der Waals surface area contributed by atoms with E-state index in [0.29, 0.717) is 6.07 Å². The Morgan fingerprint density at radius 3 is 2.59 bits per heavy atom. The average molecular weight is 330 g/mol. The highest BCUT2D eigenvalue weighted by molar-refractivity contribution is 7.85. The molecule has 1 saturated heterocycles. The monoisotopic (exact) mass is 330 g/mol. The van der Waals surface area contributed by atoms with Crippen LogP contribution in [0.5, 0.6) is 0 Å². The molecule has 22 heavy (non-hydrogen) atoms. The van der Waals surface area contributed by atoms with Crippen molar-refractivity contribution in [3.63, 3.8) is 0 Å². The molecule has 0 radical (unpaired) electrons. The molecule has 7 nitrogen and oxygen atoms in total. The van der Waals surface area contributed by atoms with Crippen LogP contribution in [0.1, 0.15) is 17.9 Å². The van der Waals surface area contributed by atoms with Crippen LogP contribution in [0.25, 0.3) is 0 Å². The Hall–Kier alpha value is -1.91. The van der Waals surface area contributed by atoms with Gasteiger partial charge in [-0.15, -0.1) is 0 Å². The van der Waals surface area contributed by atoms with E-state index in [1.165, 1.54) is 6.92 Å². The van der Waals surface area contributed by atoms with E-state index in [0.717, 1.165) is 29.5 Å². The third-order valence-electron chi connectivity index (χ3n) is 3.59. The molecule has 1 aromatic heterocycles. The van der Waals surface area contributed by atoms with E-state index >= 15 is 0 Å². The highest BCUT2D eigenvalue weighted by atomic mass is 32.2. The summed E-state index contributed by atoms with van der Waals surface area (Å²) in [7, 11) is -4.97. The fraction of sp³-hybridized carbons (Fsp3) is 0.333. The van der Waals surface area contributed by atoms with Gasteiger partial charge in [0, 0.05) is 11.6 Å². The molecule has 2 aromatic rings. The van der Waals surface area contributed by atoms with Gasteiger partial charge in [0.25, 0.3) is 0 Å². The maximum absolute atomic E-state index is 14.1. The molecule has 0 aliphatic carbocycles. The Bertz CT molecular complexity index is 812. The van der Waals surface area contributed by atoms with E-state index in [9.17, 15) is 21.8 Å². The second kappa shape index (κ2) is 4.80. The highest BCUT2D eigenvalue weighted by Crippen LogP contribution is 2.56. The third kappa shape index (κ3) is 2.19. The van der Waals surface area contributed by atoms with Gasteiger partial charge in [0.05, 0.1) is 6.10 Å². The molecule has 0 amide bonds. The lowest BCUT2D eigenvalue weighted by molar-refractivity contribution is 0.235. The molecule has 3 atom stereocenters. The first-order chi connectivity index (χ1) is 10.3. The first-order valence-electron chi connectivity index (χ1n) is 6.19. The Labute approximate surface area is 124 Å². The quantitative estimate of drug-likeness (QED) is 0.610. The van der Waals surface area contributed by atoms with Crippen molar-refractivity contribution in [2.45, 2.75) is 24.0 Å². The molecule has 1 aromatic carbocycles.